The van der Waals surface area contributed by atoms with Gasteiger partial charge in [-0.2, -0.15) is 0 Å². The Labute approximate surface area is 117 Å². The molecule has 0 atom stereocenters. The highest BCUT2D eigenvalue weighted by Crippen LogP contribution is 2.12. The predicted octanol–water partition coefficient (Wildman–Crippen LogP) is 1.42. The van der Waals surface area contributed by atoms with Crippen LogP contribution in [0.25, 0.3) is 0 Å². The van der Waals surface area contributed by atoms with Crippen LogP contribution < -0.4 is 4.72 Å². The topological polar surface area (TPSA) is 101 Å². The number of Topliss-reactive ketones (excluding diaryl/α,β-unsaturated/α-hetero) is 1. The third-order valence-corrected chi connectivity index (χ3v) is 4.12. The number of carboxylic acids is 1. The number of sulfonamides is 1. The Kier molecular flexibility index (Phi) is 5.84. The predicted molar refractivity (Wildman–Crippen MR) is 73.1 cm³/mol. The smallest absolute Gasteiger partial charge is 0.303 e. The highest BCUT2D eigenvalue weighted by Gasteiger charge is 2.14. The maximum absolute atomic E-state index is 12.0. The van der Waals surface area contributed by atoms with Crippen molar-refractivity contribution in [2.45, 2.75) is 31.1 Å². The van der Waals surface area contributed by atoms with Gasteiger partial charge in [0.05, 0.1) is 4.90 Å². The molecule has 20 heavy (non-hydrogen) atoms. The molecule has 1 rings (SSSR count). The molecular formula is C13H17NO5S. The summed E-state index contributed by atoms with van der Waals surface area (Å²) in [5.41, 5.74) is 0.332. The Morgan fingerprint density at radius 1 is 1.25 bits per heavy atom. The van der Waals surface area contributed by atoms with Crippen LogP contribution in [-0.2, 0) is 14.8 Å². The first kappa shape index (κ1) is 16.3. The van der Waals surface area contributed by atoms with Crippen molar-refractivity contribution in [1.82, 2.24) is 4.72 Å². The van der Waals surface area contributed by atoms with Crippen LogP contribution in [0.3, 0.4) is 0 Å². The standard InChI is InChI=1S/C13H17NO5S/c1-10(15)11-5-4-6-12(9-11)20(18,19)14-8-3-2-7-13(16)17/h4-6,9,14H,2-3,7-8H2,1H3,(H,16,17). The average molecular weight is 299 g/mol. The maximum atomic E-state index is 12.0. The summed E-state index contributed by atoms with van der Waals surface area (Å²) in [4.78, 5) is 21.6. The third-order valence-electron chi connectivity index (χ3n) is 2.66. The molecule has 0 aliphatic rings. The summed E-state index contributed by atoms with van der Waals surface area (Å²) in [7, 11) is -3.67. The molecule has 110 valence electrons. The molecule has 0 heterocycles. The molecule has 0 amide bonds. The lowest BCUT2D eigenvalue weighted by atomic mass is 10.2. The van der Waals surface area contributed by atoms with Gasteiger partial charge >= 0.3 is 5.97 Å². The number of ketones is 1. The van der Waals surface area contributed by atoms with Gasteiger partial charge in [-0.1, -0.05) is 12.1 Å². The van der Waals surface area contributed by atoms with Crippen molar-refractivity contribution < 1.29 is 23.1 Å². The van der Waals surface area contributed by atoms with E-state index in [9.17, 15) is 18.0 Å². The quantitative estimate of drug-likeness (QED) is 0.558. The molecule has 0 aliphatic heterocycles. The molecule has 1 aromatic rings. The summed E-state index contributed by atoms with van der Waals surface area (Å²) < 4.78 is 26.3. The average Bonchev–Trinajstić information content (AvgIpc) is 2.38. The number of rotatable bonds is 8. The van der Waals surface area contributed by atoms with Crippen LogP contribution in [0.1, 0.15) is 36.5 Å². The van der Waals surface area contributed by atoms with Gasteiger partial charge in [-0.15, -0.1) is 0 Å². The highest BCUT2D eigenvalue weighted by molar-refractivity contribution is 7.89. The van der Waals surface area contributed by atoms with Crippen LogP contribution >= 0.6 is 0 Å². The minimum atomic E-state index is -3.67. The van der Waals surface area contributed by atoms with E-state index in [1.54, 1.807) is 6.07 Å². The normalized spacial score (nSPS) is 11.2. The summed E-state index contributed by atoms with van der Waals surface area (Å²) in [6.07, 6.45) is 0.866. The molecule has 0 bridgehead atoms. The van der Waals surface area contributed by atoms with Crippen LogP contribution in [0, 0.1) is 0 Å². The van der Waals surface area contributed by atoms with Crippen molar-refractivity contribution in [3.63, 3.8) is 0 Å². The number of unbranched alkanes of at least 4 members (excludes halogenated alkanes) is 1. The maximum Gasteiger partial charge on any atom is 0.303 e. The fourth-order valence-electron chi connectivity index (χ4n) is 1.57. The van der Waals surface area contributed by atoms with Crippen LogP contribution in [0.15, 0.2) is 29.2 Å². The van der Waals surface area contributed by atoms with Gasteiger partial charge in [0.1, 0.15) is 0 Å². The van der Waals surface area contributed by atoms with Crippen LogP contribution in [0.5, 0.6) is 0 Å². The molecule has 0 radical (unpaired) electrons. The SMILES string of the molecule is CC(=O)c1cccc(S(=O)(=O)NCCCCC(=O)O)c1. The van der Waals surface area contributed by atoms with Crippen LogP contribution in [-0.4, -0.2) is 31.8 Å². The van der Waals surface area contributed by atoms with E-state index in [-0.39, 0.29) is 23.6 Å². The van der Waals surface area contributed by atoms with E-state index < -0.39 is 16.0 Å². The molecule has 6 nitrogen and oxygen atoms in total. The van der Waals surface area contributed by atoms with Gasteiger partial charge in [-0.25, -0.2) is 13.1 Å². The zero-order chi connectivity index (χ0) is 15.2. The Morgan fingerprint density at radius 2 is 1.95 bits per heavy atom. The van der Waals surface area contributed by atoms with Gasteiger partial charge in [0, 0.05) is 18.5 Å². The van der Waals surface area contributed by atoms with Gasteiger partial charge < -0.3 is 5.11 Å². The van der Waals surface area contributed by atoms with Gasteiger partial charge in [0.15, 0.2) is 5.78 Å². The van der Waals surface area contributed by atoms with Gasteiger partial charge in [0.25, 0.3) is 0 Å². The Morgan fingerprint density at radius 3 is 2.55 bits per heavy atom. The van der Waals surface area contributed by atoms with E-state index in [1.807, 2.05) is 0 Å². The number of hydrogen-bond acceptors (Lipinski definition) is 4. The highest BCUT2D eigenvalue weighted by atomic mass is 32.2. The van der Waals surface area contributed by atoms with Crippen molar-refractivity contribution in [3.8, 4) is 0 Å². The zero-order valence-corrected chi connectivity index (χ0v) is 11.9. The fraction of sp³-hybridized carbons (Fsp3) is 0.385. The van der Waals surface area contributed by atoms with Gasteiger partial charge in [-0.05, 0) is 31.9 Å². The first-order valence-corrected chi connectivity index (χ1v) is 7.64. The lowest BCUT2D eigenvalue weighted by Crippen LogP contribution is -2.25. The monoisotopic (exact) mass is 299 g/mol. The Hall–Kier alpha value is -1.73. The summed E-state index contributed by atoms with van der Waals surface area (Å²) >= 11 is 0. The number of nitrogens with one attached hydrogen (secondary N) is 1. The van der Waals surface area contributed by atoms with E-state index in [2.05, 4.69) is 4.72 Å². The minimum Gasteiger partial charge on any atom is -0.481 e. The molecule has 0 saturated carbocycles. The molecule has 0 unspecified atom stereocenters. The van der Waals surface area contributed by atoms with Crippen molar-refractivity contribution >= 4 is 21.8 Å². The molecule has 0 aliphatic carbocycles. The zero-order valence-electron chi connectivity index (χ0n) is 11.1. The Bertz CT molecular complexity index is 595. The first-order valence-electron chi connectivity index (χ1n) is 6.15. The molecule has 2 N–H and O–H groups in total. The second-order valence-electron chi connectivity index (χ2n) is 4.33. The number of carbonyl (C=O) groups is 2. The van der Waals surface area contributed by atoms with E-state index in [1.165, 1.54) is 25.1 Å². The number of benzene rings is 1. The van der Waals surface area contributed by atoms with Crippen molar-refractivity contribution in [2.24, 2.45) is 0 Å². The number of carbonyl (C=O) groups excluding carboxylic acids is 1. The second-order valence-corrected chi connectivity index (χ2v) is 6.10. The molecule has 0 fully saturated rings. The van der Waals surface area contributed by atoms with E-state index in [4.69, 9.17) is 5.11 Å². The minimum absolute atomic E-state index is 0.0154. The molecule has 0 spiro atoms. The van der Waals surface area contributed by atoms with Crippen LogP contribution in [0.4, 0.5) is 0 Å². The molecule has 7 heteroatoms. The number of hydrogen-bond donors (Lipinski definition) is 2. The second kappa shape index (κ2) is 7.16. The third kappa shape index (κ3) is 5.10. The van der Waals surface area contributed by atoms with E-state index in [0.29, 0.717) is 18.4 Å². The van der Waals surface area contributed by atoms with Crippen molar-refractivity contribution in [1.29, 1.82) is 0 Å². The lowest BCUT2D eigenvalue weighted by Gasteiger charge is -2.07. The molecule has 0 aromatic heterocycles. The van der Waals surface area contributed by atoms with Gasteiger partial charge in [-0.3, -0.25) is 9.59 Å². The largest absolute Gasteiger partial charge is 0.481 e. The lowest BCUT2D eigenvalue weighted by molar-refractivity contribution is -0.137. The van der Waals surface area contributed by atoms with E-state index in [0.717, 1.165) is 0 Å². The Balaban J connectivity index is 2.62. The first-order chi connectivity index (χ1) is 9.33. The summed E-state index contributed by atoms with van der Waals surface area (Å²) in [5, 5.41) is 8.46. The summed E-state index contributed by atoms with van der Waals surface area (Å²) in [6, 6.07) is 5.79. The molecule has 1 aromatic carbocycles. The van der Waals surface area contributed by atoms with Crippen molar-refractivity contribution in [3.05, 3.63) is 29.8 Å². The molecular weight excluding hydrogens is 282 g/mol. The summed E-state index contributed by atoms with van der Waals surface area (Å²) in [5.74, 6) is -1.11. The van der Waals surface area contributed by atoms with E-state index >= 15 is 0 Å². The molecule has 0 saturated heterocycles. The fourth-order valence-corrected chi connectivity index (χ4v) is 2.69. The van der Waals surface area contributed by atoms with Crippen molar-refractivity contribution in [2.75, 3.05) is 6.54 Å². The summed E-state index contributed by atoms with van der Waals surface area (Å²) in [6.45, 7) is 1.53. The van der Waals surface area contributed by atoms with Gasteiger partial charge in [0.2, 0.25) is 10.0 Å². The van der Waals surface area contributed by atoms with Crippen LogP contribution in [0.2, 0.25) is 0 Å². The number of carboxylic acid groups (broad SMARTS) is 1. The number of aliphatic carboxylic acids is 1.